The van der Waals surface area contributed by atoms with Crippen LogP contribution in [0.5, 0.6) is 5.88 Å². The van der Waals surface area contributed by atoms with Gasteiger partial charge in [0.15, 0.2) is 0 Å². The summed E-state index contributed by atoms with van der Waals surface area (Å²) in [5.74, 6) is 0.194. The predicted octanol–water partition coefficient (Wildman–Crippen LogP) is 1.96. The fourth-order valence-corrected chi connectivity index (χ4v) is 2.80. The minimum Gasteiger partial charge on any atom is -0.474 e. The van der Waals surface area contributed by atoms with Gasteiger partial charge in [-0.05, 0) is 35.7 Å². The summed E-state index contributed by atoms with van der Waals surface area (Å²) in [6.07, 6.45) is 3.32. The molecule has 1 N–H and O–H groups in total. The van der Waals surface area contributed by atoms with Crippen LogP contribution in [0.4, 0.5) is 10.1 Å². The molecule has 0 radical (unpaired) electrons. The van der Waals surface area contributed by atoms with Gasteiger partial charge >= 0.3 is 0 Å². The van der Waals surface area contributed by atoms with Crippen molar-refractivity contribution in [1.29, 1.82) is 0 Å². The number of hydrogen-bond donors (Lipinski definition) is 1. The topological polar surface area (TPSA) is 77.5 Å². The van der Waals surface area contributed by atoms with Crippen molar-refractivity contribution in [2.45, 2.75) is 12.5 Å². The third-order valence-corrected chi connectivity index (χ3v) is 4.06. The van der Waals surface area contributed by atoms with Gasteiger partial charge in [-0.1, -0.05) is 12.1 Å². The van der Waals surface area contributed by atoms with E-state index in [-0.39, 0.29) is 25.1 Å². The second kappa shape index (κ2) is 6.74. The van der Waals surface area contributed by atoms with Crippen LogP contribution in [0.15, 0.2) is 36.5 Å². The molecular weight excluding hydrogens is 335 g/mol. The van der Waals surface area contributed by atoms with Crippen LogP contribution in [0.1, 0.15) is 11.1 Å². The van der Waals surface area contributed by atoms with Gasteiger partial charge in [-0.15, -0.1) is 0 Å². The van der Waals surface area contributed by atoms with E-state index in [2.05, 4.69) is 10.3 Å². The van der Waals surface area contributed by atoms with Crippen molar-refractivity contribution in [2.24, 2.45) is 0 Å². The van der Waals surface area contributed by atoms with Crippen molar-refractivity contribution in [3.63, 3.8) is 0 Å². The lowest BCUT2D eigenvalue weighted by Gasteiger charge is -2.26. The molecule has 0 aliphatic carbocycles. The Morgan fingerprint density at radius 3 is 2.79 bits per heavy atom. The lowest BCUT2D eigenvalue weighted by atomic mass is 10.1. The molecule has 0 saturated heterocycles. The van der Waals surface area contributed by atoms with Gasteiger partial charge in [0.05, 0.1) is 24.6 Å². The minimum absolute atomic E-state index is 0.0134. The van der Waals surface area contributed by atoms with Gasteiger partial charge in [0.2, 0.25) is 5.88 Å². The molecule has 0 unspecified atom stereocenters. The monoisotopic (exact) mass is 352 g/mol. The van der Waals surface area contributed by atoms with Crippen LogP contribution >= 0.6 is 0 Å². The van der Waals surface area contributed by atoms with Crippen LogP contribution in [0.3, 0.4) is 0 Å². The lowest BCUT2D eigenvalue weighted by molar-refractivity contribution is 0.219. The fraction of sp³-hybridized carbons (Fsp3) is 0.312. The quantitative estimate of drug-likeness (QED) is 0.829. The number of hydrogen-bond acceptors (Lipinski definition) is 6. The summed E-state index contributed by atoms with van der Waals surface area (Å²) >= 11 is 0. The minimum atomic E-state index is -3.50. The van der Waals surface area contributed by atoms with E-state index in [1.54, 1.807) is 18.3 Å². The first-order valence-corrected chi connectivity index (χ1v) is 9.18. The molecule has 2 aromatic rings. The van der Waals surface area contributed by atoms with E-state index in [1.165, 1.54) is 12.1 Å². The zero-order valence-corrected chi connectivity index (χ0v) is 13.8. The second-order valence-corrected chi connectivity index (χ2v) is 7.28. The van der Waals surface area contributed by atoms with Crippen LogP contribution in [-0.4, -0.2) is 38.9 Å². The first-order valence-electron chi connectivity index (χ1n) is 7.36. The molecule has 1 aliphatic heterocycles. The van der Waals surface area contributed by atoms with Crippen LogP contribution in [-0.2, 0) is 20.7 Å². The molecule has 6 nitrogen and oxygen atoms in total. The summed E-state index contributed by atoms with van der Waals surface area (Å²) < 4.78 is 45.4. The number of benzene rings is 1. The number of fused-ring (bicyclic) bond motifs is 1. The van der Waals surface area contributed by atoms with Crippen LogP contribution < -0.4 is 10.1 Å². The molecule has 1 atom stereocenters. The first-order chi connectivity index (χ1) is 11.4. The molecule has 128 valence electrons. The number of nitrogens with zero attached hydrogens (tertiary/aromatic N) is 1. The number of ether oxygens (including phenoxy) is 1. The van der Waals surface area contributed by atoms with Crippen LogP contribution in [0.25, 0.3) is 0 Å². The fourth-order valence-electron chi connectivity index (χ4n) is 2.39. The molecule has 1 aromatic carbocycles. The van der Waals surface area contributed by atoms with E-state index in [4.69, 9.17) is 8.92 Å². The molecule has 0 amide bonds. The number of nitrogens with one attached hydrogen (secondary N) is 1. The van der Waals surface area contributed by atoms with E-state index >= 15 is 0 Å². The number of pyridine rings is 1. The van der Waals surface area contributed by atoms with Gasteiger partial charge < -0.3 is 10.1 Å². The van der Waals surface area contributed by atoms with Crippen LogP contribution in [0, 0.1) is 5.82 Å². The maximum Gasteiger partial charge on any atom is 0.264 e. The van der Waals surface area contributed by atoms with Crippen molar-refractivity contribution in [2.75, 3.05) is 24.8 Å². The smallest absolute Gasteiger partial charge is 0.264 e. The van der Waals surface area contributed by atoms with Gasteiger partial charge in [-0.25, -0.2) is 9.37 Å². The van der Waals surface area contributed by atoms with Gasteiger partial charge in [-0.2, -0.15) is 8.42 Å². The maximum atomic E-state index is 13.0. The van der Waals surface area contributed by atoms with Crippen molar-refractivity contribution >= 4 is 15.8 Å². The van der Waals surface area contributed by atoms with E-state index < -0.39 is 10.1 Å². The molecular formula is C16H17FN2O4S. The first kappa shape index (κ1) is 16.7. The predicted molar refractivity (Wildman–Crippen MR) is 87.1 cm³/mol. The molecule has 1 aliphatic rings. The number of aromatic nitrogens is 1. The van der Waals surface area contributed by atoms with Crippen molar-refractivity contribution in [1.82, 2.24) is 4.98 Å². The summed E-state index contributed by atoms with van der Waals surface area (Å²) in [7, 11) is -3.50. The summed E-state index contributed by atoms with van der Waals surface area (Å²) in [6, 6.07) is 7.89. The maximum absolute atomic E-state index is 13.0. The molecule has 24 heavy (non-hydrogen) atoms. The Hall–Kier alpha value is -2.19. The molecule has 1 aromatic heterocycles. The van der Waals surface area contributed by atoms with E-state index in [9.17, 15) is 12.8 Å². The van der Waals surface area contributed by atoms with Gasteiger partial charge in [0.25, 0.3) is 10.1 Å². The normalized spacial score (nSPS) is 16.8. The average molecular weight is 352 g/mol. The highest BCUT2D eigenvalue weighted by Crippen LogP contribution is 2.28. The molecule has 8 heteroatoms. The molecule has 0 spiro atoms. The zero-order valence-electron chi connectivity index (χ0n) is 13.0. The van der Waals surface area contributed by atoms with E-state index in [1.807, 2.05) is 6.07 Å². The average Bonchev–Trinajstić information content (AvgIpc) is 2.54. The van der Waals surface area contributed by atoms with E-state index in [0.717, 1.165) is 17.4 Å². The summed E-state index contributed by atoms with van der Waals surface area (Å²) in [6.45, 7) is 0.257. The summed E-state index contributed by atoms with van der Waals surface area (Å²) in [4.78, 5) is 4.26. The van der Waals surface area contributed by atoms with Crippen molar-refractivity contribution in [3.8, 4) is 5.88 Å². The Balaban J connectivity index is 1.70. The third kappa shape index (κ3) is 4.42. The van der Waals surface area contributed by atoms with Gasteiger partial charge in [-0.3, -0.25) is 4.18 Å². The lowest BCUT2D eigenvalue weighted by Crippen LogP contribution is -2.36. The number of rotatable bonds is 5. The molecule has 3 rings (SSSR count). The summed E-state index contributed by atoms with van der Waals surface area (Å²) in [5.41, 5.74) is 2.58. The Kier molecular flexibility index (Phi) is 4.68. The number of halogens is 1. The van der Waals surface area contributed by atoms with E-state index in [0.29, 0.717) is 18.0 Å². The Morgan fingerprint density at radius 1 is 1.33 bits per heavy atom. The second-order valence-electron chi connectivity index (χ2n) is 5.64. The third-order valence-electron chi connectivity index (χ3n) is 3.49. The molecule has 0 saturated carbocycles. The highest BCUT2D eigenvalue weighted by molar-refractivity contribution is 7.85. The zero-order chi connectivity index (χ0) is 17.2. The Labute approximate surface area is 139 Å². The van der Waals surface area contributed by atoms with Crippen molar-refractivity contribution < 1.29 is 21.7 Å². The molecule has 2 heterocycles. The SMILES string of the molecule is CS(=O)(=O)OC[C@H]1COc2ncc(Cc3ccc(F)cc3)cc2N1. The molecule has 0 fully saturated rings. The van der Waals surface area contributed by atoms with Crippen LogP contribution in [0.2, 0.25) is 0 Å². The van der Waals surface area contributed by atoms with Gasteiger partial charge in [0.1, 0.15) is 12.4 Å². The largest absolute Gasteiger partial charge is 0.474 e. The Bertz CT molecular complexity index is 824. The Morgan fingerprint density at radius 2 is 2.08 bits per heavy atom. The standard InChI is InChI=1S/C16H17FN2O4S/c1-24(20,21)23-10-14-9-22-16-15(19-14)7-12(8-18-16)6-11-2-4-13(17)5-3-11/h2-5,7-8,14,19H,6,9-10H2,1H3/t14-/m1/s1. The van der Waals surface area contributed by atoms with Gasteiger partial charge in [0, 0.05) is 6.20 Å². The highest BCUT2D eigenvalue weighted by atomic mass is 32.2. The molecule has 0 bridgehead atoms. The summed E-state index contributed by atoms with van der Waals surface area (Å²) in [5, 5.41) is 3.17. The number of anilines is 1. The van der Waals surface area contributed by atoms with Crippen molar-refractivity contribution in [3.05, 3.63) is 53.5 Å². The highest BCUT2D eigenvalue weighted by Gasteiger charge is 2.22.